The maximum atomic E-state index is 12.0. The van der Waals surface area contributed by atoms with Crippen LogP contribution in [0.3, 0.4) is 0 Å². The van der Waals surface area contributed by atoms with E-state index in [1.54, 1.807) is 0 Å². The lowest BCUT2D eigenvalue weighted by molar-refractivity contribution is -0.384. The second-order valence-corrected chi connectivity index (χ2v) is 7.39. The highest BCUT2D eigenvalue weighted by molar-refractivity contribution is 9.10. The highest BCUT2D eigenvalue weighted by Gasteiger charge is 2.15. The van der Waals surface area contributed by atoms with Crippen LogP contribution in [0.4, 0.5) is 11.4 Å². The summed E-state index contributed by atoms with van der Waals surface area (Å²) in [5, 5.41) is 13.2. The van der Waals surface area contributed by atoms with Crippen molar-refractivity contribution in [1.29, 1.82) is 0 Å². The minimum atomic E-state index is -0.493. The van der Waals surface area contributed by atoms with E-state index < -0.39 is 4.92 Å². The summed E-state index contributed by atoms with van der Waals surface area (Å²) in [6.45, 7) is 6.19. The summed E-state index contributed by atoms with van der Waals surface area (Å²) in [6, 6.07) is 11.4. The van der Waals surface area contributed by atoms with Gasteiger partial charge in [-0.15, -0.1) is 0 Å². The third-order valence-corrected chi connectivity index (χ3v) is 4.14. The van der Waals surface area contributed by atoms with Gasteiger partial charge in [0.1, 0.15) is 5.75 Å². The Labute approximate surface area is 154 Å². The lowest BCUT2D eigenvalue weighted by atomic mass is 9.87. The number of benzene rings is 2. The van der Waals surface area contributed by atoms with Gasteiger partial charge < -0.3 is 10.1 Å². The summed E-state index contributed by atoms with van der Waals surface area (Å²) < 4.78 is 6.31. The molecule has 0 bridgehead atoms. The van der Waals surface area contributed by atoms with Gasteiger partial charge in [-0.1, -0.05) is 26.8 Å². The summed E-state index contributed by atoms with van der Waals surface area (Å²) in [4.78, 5) is 22.1. The van der Waals surface area contributed by atoms with Gasteiger partial charge in [-0.2, -0.15) is 0 Å². The molecule has 1 amide bonds. The van der Waals surface area contributed by atoms with Gasteiger partial charge in [0.25, 0.3) is 11.6 Å². The first-order chi connectivity index (χ1) is 11.7. The molecule has 0 aliphatic carbocycles. The Hall–Kier alpha value is -2.41. The second kappa shape index (κ2) is 7.65. The second-order valence-electron chi connectivity index (χ2n) is 6.54. The molecule has 6 nitrogen and oxygen atoms in total. The summed E-state index contributed by atoms with van der Waals surface area (Å²) in [5.41, 5.74) is 1.62. The van der Waals surface area contributed by atoms with Crippen molar-refractivity contribution in [2.24, 2.45) is 0 Å². The topological polar surface area (TPSA) is 81.5 Å². The number of rotatable bonds is 5. The number of hydrogen-bond donors (Lipinski definition) is 1. The van der Waals surface area contributed by atoms with E-state index in [2.05, 4.69) is 42.0 Å². The molecule has 7 heteroatoms. The molecule has 2 aromatic rings. The highest BCUT2D eigenvalue weighted by atomic mass is 79.9. The quantitative estimate of drug-likeness (QED) is 0.577. The van der Waals surface area contributed by atoms with Crippen LogP contribution in [-0.4, -0.2) is 17.4 Å². The van der Waals surface area contributed by atoms with Crippen LogP contribution in [-0.2, 0) is 10.2 Å². The van der Waals surface area contributed by atoms with E-state index in [4.69, 9.17) is 4.74 Å². The average Bonchev–Trinajstić information content (AvgIpc) is 2.53. The molecule has 0 aromatic heterocycles. The molecule has 0 spiro atoms. The van der Waals surface area contributed by atoms with Crippen LogP contribution >= 0.6 is 15.9 Å². The number of anilines is 1. The molecule has 25 heavy (non-hydrogen) atoms. The van der Waals surface area contributed by atoms with Crippen LogP contribution in [0.15, 0.2) is 46.9 Å². The number of ether oxygens (including phenoxy) is 1. The van der Waals surface area contributed by atoms with E-state index in [1.165, 1.54) is 24.3 Å². The molecule has 0 unspecified atom stereocenters. The number of hydrogen-bond acceptors (Lipinski definition) is 4. The van der Waals surface area contributed by atoms with Gasteiger partial charge in [0.15, 0.2) is 6.61 Å². The molecular formula is C18H19BrN2O4. The molecule has 132 valence electrons. The number of halogens is 1. The van der Waals surface area contributed by atoms with Crippen LogP contribution in [0.5, 0.6) is 5.75 Å². The molecule has 2 rings (SSSR count). The first kappa shape index (κ1) is 18.9. The maximum Gasteiger partial charge on any atom is 0.269 e. The number of nitro benzene ring substituents is 1. The molecule has 0 atom stereocenters. The van der Waals surface area contributed by atoms with Crippen molar-refractivity contribution in [3.63, 3.8) is 0 Å². The standard InChI is InChI=1S/C18H19BrN2O4/c1-18(2,3)12-4-9-16(15(19)10-12)25-11-17(22)20-13-5-7-14(8-6-13)21(23)24/h4-10H,11H2,1-3H3,(H,20,22). The molecule has 0 aliphatic heterocycles. The molecule has 0 saturated heterocycles. The molecule has 0 radical (unpaired) electrons. The van der Waals surface area contributed by atoms with Crippen LogP contribution < -0.4 is 10.1 Å². The number of nitro groups is 1. The molecular weight excluding hydrogens is 388 g/mol. The Morgan fingerprint density at radius 2 is 1.84 bits per heavy atom. The number of carbonyl (C=O) groups excluding carboxylic acids is 1. The van der Waals surface area contributed by atoms with Crippen molar-refractivity contribution >= 4 is 33.2 Å². The number of non-ortho nitro benzene ring substituents is 1. The van der Waals surface area contributed by atoms with Gasteiger partial charge in [0, 0.05) is 17.8 Å². The van der Waals surface area contributed by atoms with E-state index in [0.717, 1.165) is 10.0 Å². The molecule has 0 aliphatic rings. The van der Waals surface area contributed by atoms with E-state index in [-0.39, 0.29) is 23.6 Å². The number of amides is 1. The summed E-state index contributed by atoms with van der Waals surface area (Å²) in [5.74, 6) is 0.229. The van der Waals surface area contributed by atoms with Crippen LogP contribution in [0, 0.1) is 10.1 Å². The van der Waals surface area contributed by atoms with Crippen LogP contribution in [0.25, 0.3) is 0 Å². The number of carbonyl (C=O) groups is 1. The fraction of sp³-hybridized carbons (Fsp3) is 0.278. The lowest BCUT2D eigenvalue weighted by Gasteiger charge is -2.20. The summed E-state index contributed by atoms with van der Waals surface area (Å²) >= 11 is 3.46. The van der Waals surface area contributed by atoms with Crippen molar-refractivity contribution in [2.45, 2.75) is 26.2 Å². The van der Waals surface area contributed by atoms with Gasteiger partial charge in [-0.25, -0.2) is 0 Å². The van der Waals surface area contributed by atoms with Crippen LogP contribution in [0.2, 0.25) is 0 Å². The Balaban J connectivity index is 1.94. The van der Waals surface area contributed by atoms with Crippen LogP contribution in [0.1, 0.15) is 26.3 Å². The fourth-order valence-corrected chi connectivity index (χ4v) is 2.58. The first-order valence-electron chi connectivity index (χ1n) is 7.64. The Kier molecular flexibility index (Phi) is 5.79. The predicted octanol–water partition coefficient (Wildman–Crippen LogP) is 4.67. The van der Waals surface area contributed by atoms with E-state index in [1.807, 2.05) is 18.2 Å². The van der Waals surface area contributed by atoms with E-state index in [9.17, 15) is 14.9 Å². The minimum Gasteiger partial charge on any atom is -0.483 e. The zero-order chi connectivity index (χ0) is 18.6. The van der Waals surface area contributed by atoms with Gasteiger partial charge in [-0.05, 0) is 51.2 Å². The van der Waals surface area contributed by atoms with Crippen molar-refractivity contribution in [3.8, 4) is 5.75 Å². The smallest absolute Gasteiger partial charge is 0.269 e. The zero-order valence-corrected chi connectivity index (χ0v) is 15.8. The molecule has 2 aromatic carbocycles. The fourth-order valence-electron chi connectivity index (χ4n) is 2.09. The largest absolute Gasteiger partial charge is 0.483 e. The molecule has 0 fully saturated rings. The summed E-state index contributed by atoms with van der Waals surface area (Å²) in [6.07, 6.45) is 0. The summed E-state index contributed by atoms with van der Waals surface area (Å²) in [7, 11) is 0. The monoisotopic (exact) mass is 406 g/mol. The molecule has 0 heterocycles. The van der Waals surface area contributed by atoms with Gasteiger partial charge >= 0.3 is 0 Å². The third kappa shape index (κ3) is 5.29. The SMILES string of the molecule is CC(C)(C)c1ccc(OCC(=O)Nc2ccc([N+](=O)[O-])cc2)c(Br)c1. The number of nitrogens with one attached hydrogen (secondary N) is 1. The average molecular weight is 407 g/mol. The van der Waals surface area contributed by atoms with E-state index in [0.29, 0.717) is 11.4 Å². The number of nitrogens with zero attached hydrogens (tertiary/aromatic N) is 1. The van der Waals surface area contributed by atoms with Crippen molar-refractivity contribution in [1.82, 2.24) is 0 Å². The van der Waals surface area contributed by atoms with Gasteiger partial charge in [0.05, 0.1) is 9.40 Å². The van der Waals surface area contributed by atoms with Crippen molar-refractivity contribution < 1.29 is 14.5 Å². The Morgan fingerprint density at radius 1 is 1.20 bits per heavy atom. The minimum absolute atomic E-state index is 0.0222. The maximum absolute atomic E-state index is 12.0. The Morgan fingerprint density at radius 3 is 2.36 bits per heavy atom. The Bertz CT molecular complexity index is 783. The first-order valence-corrected chi connectivity index (χ1v) is 8.43. The van der Waals surface area contributed by atoms with Gasteiger partial charge in [-0.3, -0.25) is 14.9 Å². The van der Waals surface area contributed by atoms with Crippen molar-refractivity contribution in [2.75, 3.05) is 11.9 Å². The predicted molar refractivity (Wildman–Crippen MR) is 100 cm³/mol. The van der Waals surface area contributed by atoms with Gasteiger partial charge in [0.2, 0.25) is 0 Å². The van der Waals surface area contributed by atoms with Crippen molar-refractivity contribution in [3.05, 3.63) is 62.6 Å². The highest BCUT2D eigenvalue weighted by Crippen LogP contribution is 2.31. The third-order valence-electron chi connectivity index (χ3n) is 3.52. The molecule has 0 saturated carbocycles. The zero-order valence-electron chi connectivity index (χ0n) is 14.2. The van der Waals surface area contributed by atoms with E-state index >= 15 is 0 Å². The molecule has 1 N–H and O–H groups in total. The normalized spacial score (nSPS) is 11.0. The lowest BCUT2D eigenvalue weighted by Crippen LogP contribution is -2.20.